The minimum atomic E-state index is 0.0467. The van der Waals surface area contributed by atoms with Crippen molar-refractivity contribution in [2.24, 2.45) is 5.41 Å². The summed E-state index contributed by atoms with van der Waals surface area (Å²) in [6.07, 6.45) is 1.13. The molecule has 0 aliphatic rings. The first kappa shape index (κ1) is 20.1. The lowest BCUT2D eigenvalue weighted by Gasteiger charge is -2.33. The van der Waals surface area contributed by atoms with Gasteiger partial charge >= 0.3 is 0 Å². The molecule has 0 saturated carbocycles. The predicted octanol–water partition coefficient (Wildman–Crippen LogP) is 5.44. The zero-order valence-electron chi connectivity index (χ0n) is 15.8. The lowest BCUT2D eigenvalue weighted by Crippen LogP contribution is -2.41. The van der Waals surface area contributed by atoms with Gasteiger partial charge in [0.2, 0.25) is 0 Å². The van der Waals surface area contributed by atoms with Crippen molar-refractivity contribution in [1.82, 2.24) is 5.32 Å². The van der Waals surface area contributed by atoms with Crippen LogP contribution in [0.25, 0.3) is 0 Å². The van der Waals surface area contributed by atoms with Gasteiger partial charge in [0.1, 0.15) is 0 Å². The number of methoxy groups -OCH3 is 1. The molecule has 0 heterocycles. The van der Waals surface area contributed by atoms with Gasteiger partial charge in [0, 0.05) is 12.1 Å². The monoisotopic (exact) mass is 341 g/mol. The molecule has 0 saturated heterocycles. The van der Waals surface area contributed by atoms with Gasteiger partial charge in [-0.25, -0.2) is 0 Å². The molecule has 0 atom stereocenters. The van der Waals surface area contributed by atoms with Crippen LogP contribution in [0.1, 0.15) is 60.5 Å². The SMILES string of the molecule is COc1cc(CNC(C)(C)CC(C)(C)C)cc(Cl)c1OC(C)C. The lowest BCUT2D eigenvalue weighted by atomic mass is 9.82. The van der Waals surface area contributed by atoms with Gasteiger partial charge in [0.15, 0.2) is 11.5 Å². The molecule has 3 nitrogen and oxygen atoms in total. The van der Waals surface area contributed by atoms with Crippen LogP contribution in [0.2, 0.25) is 5.02 Å². The van der Waals surface area contributed by atoms with Crippen molar-refractivity contribution < 1.29 is 9.47 Å². The van der Waals surface area contributed by atoms with Gasteiger partial charge in [0.05, 0.1) is 18.2 Å². The van der Waals surface area contributed by atoms with Crippen molar-refractivity contribution in [3.63, 3.8) is 0 Å². The number of ether oxygens (including phenoxy) is 2. The topological polar surface area (TPSA) is 30.5 Å². The summed E-state index contributed by atoms with van der Waals surface area (Å²) in [4.78, 5) is 0. The van der Waals surface area contributed by atoms with Crippen molar-refractivity contribution in [2.45, 2.75) is 73.1 Å². The Bertz CT molecular complexity index is 519. The van der Waals surface area contributed by atoms with Crippen molar-refractivity contribution in [1.29, 1.82) is 0 Å². The van der Waals surface area contributed by atoms with Crippen LogP contribution in [-0.4, -0.2) is 18.8 Å². The Morgan fingerprint density at radius 1 is 1.13 bits per heavy atom. The molecule has 0 unspecified atom stereocenters. The van der Waals surface area contributed by atoms with Gasteiger partial charge in [-0.3, -0.25) is 0 Å². The van der Waals surface area contributed by atoms with E-state index in [1.807, 2.05) is 26.0 Å². The smallest absolute Gasteiger partial charge is 0.180 e. The molecular formula is C19H32ClNO2. The van der Waals surface area contributed by atoms with E-state index in [9.17, 15) is 0 Å². The van der Waals surface area contributed by atoms with Crippen molar-refractivity contribution in [3.8, 4) is 11.5 Å². The molecule has 0 amide bonds. The highest BCUT2D eigenvalue weighted by molar-refractivity contribution is 6.32. The highest BCUT2D eigenvalue weighted by Crippen LogP contribution is 2.37. The van der Waals surface area contributed by atoms with Gasteiger partial charge < -0.3 is 14.8 Å². The highest BCUT2D eigenvalue weighted by atomic mass is 35.5. The first-order valence-corrected chi connectivity index (χ1v) is 8.59. The largest absolute Gasteiger partial charge is 0.493 e. The third kappa shape index (κ3) is 7.01. The summed E-state index contributed by atoms with van der Waals surface area (Å²) in [5, 5.41) is 4.20. The normalized spacial score (nSPS) is 12.6. The number of halogens is 1. The van der Waals surface area contributed by atoms with Gasteiger partial charge in [-0.2, -0.15) is 0 Å². The second-order valence-corrected chi connectivity index (χ2v) is 8.66. The molecule has 1 rings (SSSR count). The molecule has 1 aromatic rings. The number of hydrogen-bond donors (Lipinski definition) is 1. The summed E-state index contributed by atoms with van der Waals surface area (Å²) in [5.74, 6) is 1.29. The fraction of sp³-hybridized carbons (Fsp3) is 0.684. The van der Waals surface area contributed by atoms with Gasteiger partial charge in [-0.05, 0) is 57.2 Å². The summed E-state index contributed by atoms with van der Waals surface area (Å²) < 4.78 is 11.2. The van der Waals surface area contributed by atoms with E-state index in [0.29, 0.717) is 16.5 Å². The molecule has 0 bridgehead atoms. The van der Waals surface area contributed by atoms with E-state index in [0.717, 1.165) is 18.5 Å². The Kier molecular flexibility index (Phi) is 6.79. The van der Waals surface area contributed by atoms with E-state index in [-0.39, 0.29) is 17.1 Å². The number of nitrogens with one attached hydrogen (secondary N) is 1. The molecule has 23 heavy (non-hydrogen) atoms. The Morgan fingerprint density at radius 2 is 1.74 bits per heavy atom. The molecule has 1 N–H and O–H groups in total. The summed E-state index contributed by atoms with van der Waals surface area (Å²) in [6, 6.07) is 3.94. The molecule has 0 aromatic heterocycles. The van der Waals surface area contributed by atoms with Crippen LogP contribution in [0, 0.1) is 5.41 Å². The number of benzene rings is 1. The summed E-state index contributed by atoms with van der Waals surface area (Å²) in [7, 11) is 1.64. The molecule has 0 spiro atoms. The Labute approximate surface area is 146 Å². The summed E-state index contributed by atoms with van der Waals surface area (Å²) in [5.41, 5.74) is 1.41. The fourth-order valence-corrected chi connectivity index (χ4v) is 3.23. The molecular weight excluding hydrogens is 310 g/mol. The number of rotatable bonds is 7. The first-order valence-electron chi connectivity index (χ1n) is 8.21. The second-order valence-electron chi connectivity index (χ2n) is 8.25. The standard InChI is InChI=1S/C19H32ClNO2/c1-13(2)23-17-15(20)9-14(10-16(17)22-8)11-21-19(6,7)12-18(3,4)5/h9-10,13,21H,11-12H2,1-8H3. The number of hydrogen-bond acceptors (Lipinski definition) is 3. The van der Waals surface area contributed by atoms with Crippen LogP contribution in [0.15, 0.2) is 12.1 Å². The van der Waals surface area contributed by atoms with Gasteiger partial charge in [0.25, 0.3) is 0 Å². The first-order chi connectivity index (χ1) is 10.4. The minimum absolute atomic E-state index is 0.0467. The second kappa shape index (κ2) is 7.76. The third-order valence-electron chi connectivity index (χ3n) is 3.39. The quantitative estimate of drug-likeness (QED) is 0.716. The third-order valence-corrected chi connectivity index (χ3v) is 3.67. The lowest BCUT2D eigenvalue weighted by molar-refractivity contribution is 0.229. The summed E-state index contributed by atoms with van der Waals surface area (Å²) >= 11 is 6.38. The van der Waals surface area contributed by atoms with E-state index in [1.54, 1.807) is 7.11 Å². The van der Waals surface area contributed by atoms with E-state index >= 15 is 0 Å². The van der Waals surface area contributed by atoms with Crippen LogP contribution >= 0.6 is 11.6 Å². The predicted molar refractivity (Wildman–Crippen MR) is 98.8 cm³/mol. The van der Waals surface area contributed by atoms with E-state index in [4.69, 9.17) is 21.1 Å². The van der Waals surface area contributed by atoms with Crippen LogP contribution in [0.3, 0.4) is 0 Å². The van der Waals surface area contributed by atoms with Crippen LogP contribution in [0.4, 0.5) is 0 Å². The maximum absolute atomic E-state index is 6.38. The van der Waals surface area contributed by atoms with E-state index in [2.05, 4.69) is 39.9 Å². The fourth-order valence-electron chi connectivity index (χ4n) is 2.96. The molecule has 0 aliphatic heterocycles. The van der Waals surface area contributed by atoms with Crippen molar-refractivity contribution in [2.75, 3.05) is 7.11 Å². The average molecular weight is 342 g/mol. The van der Waals surface area contributed by atoms with E-state index in [1.165, 1.54) is 0 Å². The molecule has 4 heteroatoms. The zero-order valence-corrected chi connectivity index (χ0v) is 16.6. The van der Waals surface area contributed by atoms with Gasteiger partial charge in [-0.1, -0.05) is 32.4 Å². The Morgan fingerprint density at radius 3 is 2.22 bits per heavy atom. The van der Waals surface area contributed by atoms with Crippen LogP contribution in [0.5, 0.6) is 11.5 Å². The van der Waals surface area contributed by atoms with Crippen LogP contribution < -0.4 is 14.8 Å². The van der Waals surface area contributed by atoms with Crippen molar-refractivity contribution >= 4 is 11.6 Å². The van der Waals surface area contributed by atoms with Crippen LogP contribution in [-0.2, 0) is 6.54 Å². The molecule has 0 aliphatic carbocycles. The Balaban J connectivity index is 2.88. The van der Waals surface area contributed by atoms with Gasteiger partial charge in [-0.15, -0.1) is 0 Å². The maximum atomic E-state index is 6.38. The Hall–Kier alpha value is -0.930. The highest BCUT2D eigenvalue weighted by Gasteiger charge is 2.25. The minimum Gasteiger partial charge on any atom is -0.493 e. The molecule has 0 fully saturated rings. The zero-order chi connectivity index (χ0) is 17.8. The molecule has 132 valence electrons. The molecule has 0 radical (unpaired) electrons. The maximum Gasteiger partial charge on any atom is 0.180 e. The average Bonchev–Trinajstić information content (AvgIpc) is 2.36. The van der Waals surface area contributed by atoms with Crippen molar-refractivity contribution in [3.05, 3.63) is 22.7 Å². The summed E-state index contributed by atoms with van der Waals surface area (Å²) in [6.45, 7) is 15.9. The van der Waals surface area contributed by atoms with E-state index < -0.39 is 0 Å². The molecule has 1 aromatic carbocycles.